The average Bonchev–Trinajstić information content (AvgIpc) is 3.21. The van der Waals surface area contributed by atoms with Crippen LogP contribution in [-0.2, 0) is 9.53 Å². The number of carbonyl (C=O) groups excluding carboxylic acids is 2. The van der Waals surface area contributed by atoms with Gasteiger partial charge in [-0.3, -0.25) is 9.69 Å². The van der Waals surface area contributed by atoms with Crippen molar-refractivity contribution in [2.24, 2.45) is 0 Å². The van der Waals surface area contributed by atoms with Crippen molar-refractivity contribution in [1.29, 1.82) is 0 Å². The van der Waals surface area contributed by atoms with Crippen molar-refractivity contribution in [3.63, 3.8) is 0 Å². The predicted molar refractivity (Wildman–Crippen MR) is 110 cm³/mol. The van der Waals surface area contributed by atoms with Crippen molar-refractivity contribution in [1.82, 2.24) is 4.90 Å². The van der Waals surface area contributed by atoms with Gasteiger partial charge < -0.3 is 9.15 Å². The maximum atomic E-state index is 12.4. The Morgan fingerprint density at radius 2 is 2.15 bits per heavy atom. The SMILES string of the molecule is C=CCN1C(=O)/C(=C/c2ccc(-c3ccc(C(=O)OC)cc3C)o2)SC1=S. The summed E-state index contributed by atoms with van der Waals surface area (Å²) >= 11 is 6.47. The van der Waals surface area contributed by atoms with Gasteiger partial charge >= 0.3 is 5.97 Å². The Kier molecular flexibility index (Phi) is 5.62. The molecule has 138 valence electrons. The number of furan rings is 1. The molecule has 1 amide bonds. The largest absolute Gasteiger partial charge is 0.465 e. The topological polar surface area (TPSA) is 59.8 Å². The lowest BCUT2D eigenvalue weighted by molar-refractivity contribution is -0.121. The van der Waals surface area contributed by atoms with Gasteiger partial charge in [-0.1, -0.05) is 36.1 Å². The first kappa shape index (κ1) is 19.1. The van der Waals surface area contributed by atoms with Crippen LogP contribution in [-0.4, -0.2) is 34.8 Å². The quantitative estimate of drug-likeness (QED) is 0.321. The summed E-state index contributed by atoms with van der Waals surface area (Å²) in [7, 11) is 1.35. The second kappa shape index (κ2) is 7.94. The van der Waals surface area contributed by atoms with E-state index in [9.17, 15) is 9.59 Å². The Balaban J connectivity index is 1.86. The standard InChI is InChI=1S/C20H17NO4S2/c1-4-9-21-18(22)17(27-20(21)26)11-14-6-8-16(25-14)15-7-5-13(10-12(15)2)19(23)24-3/h4-8,10-11H,1,9H2,2-3H3/b17-11-. The van der Waals surface area contributed by atoms with Crippen molar-refractivity contribution >= 4 is 46.3 Å². The van der Waals surface area contributed by atoms with Crippen LogP contribution in [0, 0.1) is 6.92 Å². The summed E-state index contributed by atoms with van der Waals surface area (Å²) in [4.78, 5) is 26.0. The minimum Gasteiger partial charge on any atom is -0.465 e. The molecule has 1 aromatic carbocycles. The molecule has 0 atom stereocenters. The van der Waals surface area contributed by atoms with Gasteiger partial charge in [-0.05, 0) is 36.8 Å². The van der Waals surface area contributed by atoms with Gasteiger partial charge in [0.15, 0.2) is 0 Å². The number of esters is 1. The zero-order valence-electron chi connectivity index (χ0n) is 14.9. The Morgan fingerprint density at radius 3 is 2.81 bits per heavy atom. The lowest BCUT2D eigenvalue weighted by Gasteiger charge is -2.10. The number of amides is 1. The van der Waals surface area contributed by atoms with Crippen molar-refractivity contribution < 1.29 is 18.7 Å². The summed E-state index contributed by atoms with van der Waals surface area (Å²) in [5.74, 6) is 0.671. The lowest BCUT2D eigenvalue weighted by Crippen LogP contribution is -2.27. The monoisotopic (exact) mass is 399 g/mol. The molecule has 2 aromatic rings. The molecule has 1 aliphatic rings. The van der Waals surface area contributed by atoms with Gasteiger partial charge in [-0.25, -0.2) is 4.79 Å². The number of thiocarbonyl (C=S) groups is 1. The summed E-state index contributed by atoms with van der Waals surface area (Å²) in [5, 5.41) is 0. The minimum atomic E-state index is -0.383. The van der Waals surface area contributed by atoms with E-state index in [1.807, 2.05) is 19.1 Å². The molecule has 1 aliphatic heterocycles. The molecule has 7 heteroatoms. The first-order chi connectivity index (χ1) is 12.9. The second-order valence-electron chi connectivity index (χ2n) is 5.80. The van der Waals surface area contributed by atoms with Crippen LogP contribution in [0.5, 0.6) is 0 Å². The van der Waals surface area contributed by atoms with E-state index in [1.54, 1.807) is 30.4 Å². The number of methoxy groups -OCH3 is 1. The lowest BCUT2D eigenvalue weighted by atomic mass is 10.0. The molecule has 0 N–H and O–H groups in total. The van der Waals surface area contributed by atoms with E-state index in [1.165, 1.54) is 23.8 Å². The van der Waals surface area contributed by atoms with Crippen molar-refractivity contribution in [2.45, 2.75) is 6.92 Å². The van der Waals surface area contributed by atoms with Crippen LogP contribution in [0.2, 0.25) is 0 Å². The summed E-state index contributed by atoms with van der Waals surface area (Å²) in [6.07, 6.45) is 3.32. The predicted octanol–water partition coefficient (Wildman–Crippen LogP) is 4.43. The van der Waals surface area contributed by atoms with E-state index in [4.69, 9.17) is 21.4 Å². The molecule has 1 fully saturated rings. The highest BCUT2D eigenvalue weighted by Gasteiger charge is 2.31. The third-order valence-corrected chi connectivity index (χ3v) is 5.38. The van der Waals surface area contributed by atoms with E-state index >= 15 is 0 Å². The third-order valence-electron chi connectivity index (χ3n) is 4.00. The Morgan fingerprint density at radius 1 is 1.37 bits per heavy atom. The van der Waals surface area contributed by atoms with Gasteiger partial charge in [0.1, 0.15) is 15.8 Å². The van der Waals surface area contributed by atoms with Gasteiger partial charge in [0.25, 0.3) is 5.91 Å². The second-order valence-corrected chi connectivity index (χ2v) is 7.48. The molecule has 2 heterocycles. The zero-order chi connectivity index (χ0) is 19.6. The molecule has 1 aromatic heterocycles. The van der Waals surface area contributed by atoms with E-state index in [2.05, 4.69) is 6.58 Å². The van der Waals surface area contributed by atoms with Crippen LogP contribution in [0.25, 0.3) is 17.4 Å². The van der Waals surface area contributed by atoms with Gasteiger partial charge in [0.2, 0.25) is 0 Å². The molecule has 1 saturated heterocycles. The maximum absolute atomic E-state index is 12.4. The molecular formula is C20H17NO4S2. The molecule has 0 radical (unpaired) electrons. The number of rotatable bonds is 5. The maximum Gasteiger partial charge on any atom is 0.337 e. The minimum absolute atomic E-state index is 0.151. The Hall–Kier alpha value is -2.64. The number of benzene rings is 1. The Labute approximate surface area is 166 Å². The summed E-state index contributed by atoms with van der Waals surface area (Å²) in [6, 6.07) is 8.88. The van der Waals surface area contributed by atoms with Crippen molar-refractivity contribution in [3.05, 3.63) is 64.8 Å². The van der Waals surface area contributed by atoms with E-state index in [0.717, 1.165) is 11.1 Å². The normalized spacial score (nSPS) is 15.5. The molecule has 5 nitrogen and oxygen atoms in total. The van der Waals surface area contributed by atoms with Gasteiger partial charge in [-0.15, -0.1) is 6.58 Å². The molecule has 0 unspecified atom stereocenters. The fraction of sp³-hybridized carbons (Fsp3) is 0.150. The smallest absolute Gasteiger partial charge is 0.337 e. The fourth-order valence-electron chi connectivity index (χ4n) is 2.68. The van der Waals surface area contributed by atoms with Crippen LogP contribution in [0.1, 0.15) is 21.7 Å². The van der Waals surface area contributed by atoms with Crippen LogP contribution < -0.4 is 0 Å². The van der Waals surface area contributed by atoms with Gasteiger partial charge in [-0.2, -0.15) is 0 Å². The molecule has 3 rings (SSSR count). The molecule has 0 aliphatic carbocycles. The first-order valence-electron chi connectivity index (χ1n) is 8.10. The summed E-state index contributed by atoms with van der Waals surface area (Å²) in [6.45, 7) is 5.92. The molecule has 0 saturated carbocycles. The Bertz CT molecular complexity index is 974. The number of thioether (sulfide) groups is 1. The highest BCUT2D eigenvalue weighted by atomic mass is 32.2. The van der Waals surface area contributed by atoms with Crippen LogP contribution in [0.4, 0.5) is 0 Å². The highest BCUT2D eigenvalue weighted by molar-refractivity contribution is 8.26. The molecule has 27 heavy (non-hydrogen) atoms. The number of aryl methyl sites for hydroxylation is 1. The van der Waals surface area contributed by atoms with Gasteiger partial charge in [0.05, 0.1) is 17.6 Å². The van der Waals surface area contributed by atoms with E-state index < -0.39 is 0 Å². The van der Waals surface area contributed by atoms with Gasteiger partial charge in [0, 0.05) is 18.2 Å². The first-order valence-corrected chi connectivity index (χ1v) is 9.32. The number of carbonyl (C=O) groups is 2. The summed E-state index contributed by atoms with van der Waals surface area (Å²) < 4.78 is 11.1. The van der Waals surface area contributed by atoms with Crippen LogP contribution in [0.3, 0.4) is 0 Å². The molecule has 0 bridgehead atoms. The number of hydrogen-bond donors (Lipinski definition) is 0. The zero-order valence-corrected chi connectivity index (χ0v) is 16.5. The fourth-order valence-corrected chi connectivity index (χ4v) is 3.93. The van der Waals surface area contributed by atoms with Crippen molar-refractivity contribution in [3.8, 4) is 11.3 Å². The average molecular weight is 399 g/mol. The highest BCUT2D eigenvalue weighted by Crippen LogP contribution is 2.34. The van der Waals surface area contributed by atoms with E-state index in [-0.39, 0.29) is 11.9 Å². The number of hydrogen-bond acceptors (Lipinski definition) is 6. The molecule has 0 spiro atoms. The van der Waals surface area contributed by atoms with Crippen molar-refractivity contribution in [2.75, 3.05) is 13.7 Å². The third kappa shape index (κ3) is 3.89. The van der Waals surface area contributed by atoms with E-state index in [0.29, 0.717) is 32.9 Å². The number of ether oxygens (including phenoxy) is 1. The summed E-state index contributed by atoms with van der Waals surface area (Å²) in [5.41, 5.74) is 2.23. The van der Waals surface area contributed by atoms with Crippen LogP contribution in [0.15, 0.2) is 52.3 Å². The molecular weight excluding hydrogens is 382 g/mol. The van der Waals surface area contributed by atoms with Crippen LogP contribution >= 0.6 is 24.0 Å². The number of nitrogens with zero attached hydrogens (tertiary/aromatic N) is 1.